The lowest BCUT2D eigenvalue weighted by atomic mass is 10.1. The molecule has 0 spiro atoms. The Bertz CT molecular complexity index is 1140. The van der Waals surface area contributed by atoms with Crippen molar-refractivity contribution in [1.82, 2.24) is 10.4 Å². The van der Waals surface area contributed by atoms with E-state index in [-0.39, 0.29) is 17.4 Å². The zero-order chi connectivity index (χ0) is 22.5. The number of amides is 3. The topological polar surface area (TPSA) is 81.8 Å². The van der Waals surface area contributed by atoms with Crippen molar-refractivity contribution in [1.29, 1.82) is 0 Å². The molecule has 0 bridgehead atoms. The summed E-state index contributed by atoms with van der Waals surface area (Å²) in [5.41, 5.74) is 4.29. The molecule has 0 aromatic heterocycles. The van der Waals surface area contributed by atoms with E-state index in [1.54, 1.807) is 78.9 Å². The summed E-state index contributed by atoms with van der Waals surface area (Å²) in [4.78, 5) is 40.1. The zero-order valence-electron chi connectivity index (χ0n) is 17.0. The van der Waals surface area contributed by atoms with E-state index in [4.69, 9.17) is 12.2 Å². The maximum absolute atomic E-state index is 13.3. The van der Waals surface area contributed by atoms with Gasteiger partial charge in [-0.1, -0.05) is 54.6 Å². The first kappa shape index (κ1) is 21.2. The van der Waals surface area contributed by atoms with Crippen LogP contribution >= 0.6 is 12.2 Å². The molecule has 7 nitrogen and oxygen atoms in total. The van der Waals surface area contributed by atoms with Crippen molar-refractivity contribution in [2.75, 3.05) is 10.2 Å². The molecule has 3 amide bonds. The van der Waals surface area contributed by atoms with Gasteiger partial charge in [0.05, 0.1) is 12.1 Å². The Morgan fingerprint density at radius 1 is 0.844 bits per heavy atom. The highest BCUT2D eigenvalue weighted by Crippen LogP contribution is 2.26. The Morgan fingerprint density at radius 2 is 1.41 bits per heavy atom. The molecule has 2 N–H and O–H groups in total. The second kappa shape index (κ2) is 9.40. The highest BCUT2D eigenvalue weighted by molar-refractivity contribution is 7.80. The quantitative estimate of drug-likeness (QED) is 0.570. The van der Waals surface area contributed by atoms with Crippen LogP contribution < -0.4 is 15.6 Å². The predicted octanol–water partition coefficient (Wildman–Crippen LogP) is 3.36. The molecule has 0 saturated carbocycles. The molecule has 160 valence electrons. The lowest BCUT2D eigenvalue weighted by Gasteiger charge is -2.24. The molecular formula is C24H20N4O3S. The fourth-order valence-electron chi connectivity index (χ4n) is 3.39. The number of carbonyl (C=O) groups is 3. The van der Waals surface area contributed by atoms with Crippen molar-refractivity contribution < 1.29 is 14.4 Å². The third kappa shape index (κ3) is 4.50. The molecule has 3 aromatic rings. The van der Waals surface area contributed by atoms with E-state index in [0.29, 0.717) is 16.9 Å². The van der Waals surface area contributed by atoms with E-state index in [2.05, 4.69) is 10.7 Å². The molecule has 0 radical (unpaired) electrons. The summed E-state index contributed by atoms with van der Waals surface area (Å²) in [5, 5.41) is 4.17. The smallest absolute Gasteiger partial charge is 0.269 e. The van der Waals surface area contributed by atoms with Gasteiger partial charge in [-0.2, -0.15) is 0 Å². The van der Waals surface area contributed by atoms with Crippen LogP contribution in [0.15, 0.2) is 91.0 Å². The van der Waals surface area contributed by atoms with E-state index < -0.39 is 17.9 Å². The Labute approximate surface area is 190 Å². The summed E-state index contributed by atoms with van der Waals surface area (Å²) in [5.74, 6) is -1.19. The monoisotopic (exact) mass is 444 g/mol. The standard InChI is InChI=1S/C24H20N4O3S/c29-21(25-18-12-6-2-7-13-18)16-20-23(31)27(19-14-8-3-9-15-19)24(32)28(20)26-22(30)17-10-4-1-5-11-17/h1-15,20H,16H2,(H,25,29)(H,26,30)/t20-/m1/s1. The number of hydrogen-bond acceptors (Lipinski definition) is 4. The molecule has 1 atom stereocenters. The maximum atomic E-state index is 13.3. The maximum Gasteiger partial charge on any atom is 0.269 e. The number of anilines is 2. The van der Waals surface area contributed by atoms with Gasteiger partial charge in [0.1, 0.15) is 6.04 Å². The zero-order valence-corrected chi connectivity index (χ0v) is 17.8. The minimum Gasteiger partial charge on any atom is -0.326 e. The van der Waals surface area contributed by atoms with E-state index in [1.165, 1.54) is 9.91 Å². The van der Waals surface area contributed by atoms with Gasteiger partial charge in [-0.05, 0) is 48.6 Å². The van der Waals surface area contributed by atoms with Crippen molar-refractivity contribution in [2.24, 2.45) is 0 Å². The number of carbonyl (C=O) groups excluding carboxylic acids is 3. The second-order valence-corrected chi connectivity index (χ2v) is 7.47. The molecule has 3 aromatic carbocycles. The minimum absolute atomic E-state index is 0.1000. The van der Waals surface area contributed by atoms with Crippen molar-refractivity contribution in [2.45, 2.75) is 12.5 Å². The average Bonchev–Trinajstić information content (AvgIpc) is 3.04. The summed E-state index contributed by atoms with van der Waals surface area (Å²) in [6.07, 6.45) is -0.188. The molecule has 4 rings (SSSR count). The SMILES string of the molecule is O=C(C[C@@H]1C(=O)N(c2ccccc2)C(=S)N1NC(=O)c1ccccc1)Nc1ccccc1. The molecule has 1 heterocycles. The number of nitrogens with one attached hydrogen (secondary N) is 2. The molecule has 0 unspecified atom stereocenters. The van der Waals surface area contributed by atoms with Crippen molar-refractivity contribution in [3.63, 3.8) is 0 Å². The minimum atomic E-state index is -0.987. The second-order valence-electron chi connectivity index (χ2n) is 7.10. The molecule has 1 aliphatic heterocycles. The van der Waals surface area contributed by atoms with Gasteiger partial charge in [0.15, 0.2) is 0 Å². The third-order valence-electron chi connectivity index (χ3n) is 4.92. The highest BCUT2D eigenvalue weighted by Gasteiger charge is 2.45. The largest absolute Gasteiger partial charge is 0.326 e. The number of para-hydroxylation sites is 2. The summed E-state index contributed by atoms with van der Waals surface area (Å²) < 4.78 is 0. The number of rotatable bonds is 6. The Kier molecular flexibility index (Phi) is 6.23. The first-order chi connectivity index (χ1) is 15.5. The van der Waals surface area contributed by atoms with E-state index in [9.17, 15) is 14.4 Å². The lowest BCUT2D eigenvalue weighted by molar-refractivity contribution is -0.124. The van der Waals surface area contributed by atoms with Gasteiger partial charge in [0.25, 0.3) is 11.8 Å². The number of hydrogen-bond donors (Lipinski definition) is 2. The van der Waals surface area contributed by atoms with Crippen molar-refractivity contribution >= 4 is 46.4 Å². The van der Waals surface area contributed by atoms with Crippen LogP contribution in [0.1, 0.15) is 16.8 Å². The van der Waals surface area contributed by atoms with Gasteiger partial charge in [-0.25, -0.2) is 5.01 Å². The number of nitrogens with zero attached hydrogens (tertiary/aromatic N) is 2. The van der Waals surface area contributed by atoms with Gasteiger partial charge in [-0.15, -0.1) is 0 Å². The predicted molar refractivity (Wildman–Crippen MR) is 126 cm³/mol. The number of thiocarbonyl (C=S) groups is 1. The first-order valence-corrected chi connectivity index (χ1v) is 10.4. The molecule has 1 saturated heterocycles. The van der Waals surface area contributed by atoms with E-state index >= 15 is 0 Å². The van der Waals surface area contributed by atoms with Crippen molar-refractivity contribution in [3.05, 3.63) is 96.6 Å². The summed E-state index contributed by atoms with van der Waals surface area (Å²) in [7, 11) is 0. The van der Waals surface area contributed by atoms with Crippen LogP contribution in [0.2, 0.25) is 0 Å². The van der Waals surface area contributed by atoms with Crippen LogP contribution in [-0.2, 0) is 9.59 Å². The number of hydrazine groups is 1. The number of benzene rings is 3. The molecule has 1 fully saturated rings. The van der Waals surface area contributed by atoms with Gasteiger partial charge in [0.2, 0.25) is 11.0 Å². The highest BCUT2D eigenvalue weighted by atomic mass is 32.1. The normalized spacial score (nSPS) is 15.6. The Hall–Kier alpha value is -4.04. The van der Waals surface area contributed by atoms with Gasteiger partial charge >= 0.3 is 0 Å². The average molecular weight is 445 g/mol. The molecular weight excluding hydrogens is 424 g/mol. The van der Waals surface area contributed by atoms with Gasteiger partial charge in [-0.3, -0.25) is 24.7 Å². The summed E-state index contributed by atoms with van der Waals surface area (Å²) in [6, 6.07) is 25.4. The first-order valence-electron chi connectivity index (χ1n) is 9.98. The Balaban J connectivity index is 1.59. The van der Waals surface area contributed by atoms with Gasteiger partial charge in [0, 0.05) is 11.3 Å². The van der Waals surface area contributed by atoms with Crippen LogP contribution in [0.3, 0.4) is 0 Å². The van der Waals surface area contributed by atoms with E-state index in [1.807, 2.05) is 12.1 Å². The van der Waals surface area contributed by atoms with Gasteiger partial charge < -0.3 is 5.32 Å². The van der Waals surface area contributed by atoms with Crippen LogP contribution in [0.25, 0.3) is 0 Å². The fraction of sp³-hybridized carbons (Fsp3) is 0.0833. The summed E-state index contributed by atoms with van der Waals surface area (Å²) in [6.45, 7) is 0. The summed E-state index contributed by atoms with van der Waals surface area (Å²) >= 11 is 5.53. The van der Waals surface area contributed by atoms with Crippen LogP contribution in [0.5, 0.6) is 0 Å². The van der Waals surface area contributed by atoms with Crippen LogP contribution in [0, 0.1) is 0 Å². The van der Waals surface area contributed by atoms with Crippen molar-refractivity contribution in [3.8, 4) is 0 Å². The Morgan fingerprint density at radius 3 is 2.03 bits per heavy atom. The van der Waals surface area contributed by atoms with E-state index in [0.717, 1.165) is 0 Å². The van der Waals surface area contributed by atoms with Crippen LogP contribution in [0.4, 0.5) is 11.4 Å². The molecule has 32 heavy (non-hydrogen) atoms. The molecule has 8 heteroatoms. The molecule has 1 aliphatic rings. The third-order valence-corrected chi connectivity index (χ3v) is 5.30. The lowest BCUT2D eigenvalue weighted by Crippen LogP contribution is -2.49. The van der Waals surface area contributed by atoms with Crippen LogP contribution in [-0.4, -0.2) is 33.9 Å². The molecule has 0 aliphatic carbocycles. The fourth-order valence-corrected chi connectivity index (χ4v) is 3.75.